The van der Waals surface area contributed by atoms with Gasteiger partial charge in [0.15, 0.2) is 12.6 Å². The Hall–Kier alpha value is -2.21. The molecule has 2 heterocycles. The molecule has 11 atom stereocenters. The molecule has 0 aromatic carbocycles. The molecule has 0 aliphatic carbocycles. The van der Waals surface area contributed by atoms with E-state index in [1.807, 2.05) is 6.92 Å². The van der Waals surface area contributed by atoms with Crippen molar-refractivity contribution in [3.8, 4) is 0 Å². The predicted octanol–water partition coefficient (Wildman–Crippen LogP) is 1.96. The number of hydrogen-bond donors (Lipinski definition) is 5. The molecule has 2 fully saturated rings. The van der Waals surface area contributed by atoms with Crippen LogP contribution in [0.3, 0.4) is 0 Å². The van der Waals surface area contributed by atoms with Gasteiger partial charge in [0.25, 0.3) is 0 Å². The minimum atomic E-state index is -1.77. The molecule has 5 N–H and O–H groups in total. The Labute approximate surface area is 295 Å². The summed E-state index contributed by atoms with van der Waals surface area (Å²) in [5.41, 5.74) is 0. The molecule has 2 rings (SSSR count). The highest BCUT2D eigenvalue weighted by molar-refractivity contribution is 5.69. The number of carbonyl (C=O) groups excluding carboxylic acids is 3. The molecular formula is C35H60O15. The number of methoxy groups -OCH3 is 1. The van der Waals surface area contributed by atoms with E-state index < -0.39 is 80.0 Å². The number of aliphatic hydroxyl groups is 5. The number of ether oxygens (including phenoxy) is 7. The Kier molecular flexibility index (Phi) is 21.2. The van der Waals surface area contributed by atoms with E-state index in [1.54, 1.807) is 0 Å². The summed E-state index contributed by atoms with van der Waals surface area (Å²) in [4.78, 5) is 33.8. The van der Waals surface area contributed by atoms with Crippen molar-refractivity contribution in [2.75, 3.05) is 20.3 Å². The number of allylic oxidation sites excluding steroid dienone is 2. The fourth-order valence-corrected chi connectivity index (χ4v) is 5.76. The maximum Gasteiger partial charge on any atom is 0.305 e. The summed E-state index contributed by atoms with van der Waals surface area (Å²) in [7, 11) is 1.41. The van der Waals surface area contributed by atoms with Crippen LogP contribution in [0.25, 0.3) is 0 Å². The first-order valence-corrected chi connectivity index (χ1v) is 17.9. The molecule has 15 heteroatoms. The highest BCUT2D eigenvalue weighted by Gasteiger charge is 2.51. The molecule has 0 saturated carbocycles. The molecule has 0 radical (unpaired) electrons. The smallest absolute Gasteiger partial charge is 0.305 e. The van der Waals surface area contributed by atoms with Crippen LogP contribution < -0.4 is 0 Å². The lowest BCUT2D eigenvalue weighted by atomic mass is 9.97. The summed E-state index contributed by atoms with van der Waals surface area (Å²) >= 11 is 0. The largest absolute Gasteiger partial charge is 0.469 e. The van der Waals surface area contributed by atoms with Crippen molar-refractivity contribution in [1.82, 2.24) is 0 Å². The molecule has 2 aliphatic heterocycles. The number of rotatable bonds is 23. The average molecular weight is 721 g/mol. The van der Waals surface area contributed by atoms with Gasteiger partial charge in [-0.3, -0.25) is 14.4 Å². The minimum absolute atomic E-state index is 0.146. The molecule has 2 saturated heterocycles. The molecule has 0 bridgehead atoms. The van der Waals surface area contributed by atoms with Gasteiger partial charge >= 0.3 is 17.9 Å². The van der Waals surface area contributed by atoms with Crippen molar-refractivity contribution in [1.29, 1.82) is 0 Å². The van der Waals surface area contributed by atoms with E-state index in [0.29, 0.717) is 12.8 Å². The molecule has 0 aromatic heterocycles. The summed E-state index contributed by atoms with van der Waals surface area (Å²) in [5.74, 6) is -1.41. The van der Waals surface area contributed by atoms with E-state index >= 15 is 0 Å². The predicted molar refractivity (Wildman–Crippen MR) is 177 cm³/mol. The lowest BCUT2D eigenvalue weighted by molar-refractivity contribution is -0.371. The highest BCUT2D eigenvalue weighted by Crippen LogP contribution is 2.31. The second kappa shape index (κ2) is 24.1. The SMILES string of the molecule is COC(=O)CCCCCCC/C=C\CCCCCCC(C)O[C@@H]1O[C@H](COC(C)=O)[C@@H](O)[C@H](O)[C@H]1O[C@@H]1O[C@H](COC(C)=O)[C@@H](O)[C@H](O)[C@H]1O. The summed E-state index contributed by atoms with van der Waals surface area (Å²) in [6, 6.07) is 0. The van der Waals surface area contributed by atoms with Gasteiger partial charge in [-0.15, -0.1) is 0 Å². The molecule has 290 valence electrons. The van der Waals surface area contributed by atoms with E-state index in [-0.39, 0.29) is 18.7 Å². The van der Waals surface area contributed by atoms with E-state index in [9.17, 15) is 39.9 Å². The van der Waals surface area contributed by atoms with E-state index in [0.717, 1.165) is 77.6 Å². The van der Waals surface area contributed by atoms with Gasteiger partial charge in [0.05, 0.1) is 13.2 Å². The van der Waals surface area contributed by atoms with E-state index in [4.69, 9.17) is 28.4 Å². The Morgan fingerprint density at radius 2 is 1.16 bits per heavy atom. The third-order valence-corrected chi connectivity index (χ3v) is 8.75. The third kappa shape index (κ3) is 16.0. The quantitative estimate of drug-likeness (QED) is 0.0441. The zero-order valence-corrected chi connectivity index (χ0v) is 29.9. The summed E-state index contributed by atoms with van der Waals surface area (Å²) in [6.07, 6.45) is 1.38. The van der Waals surface area contributed by atoms with Crippen LogP contribution in [0, 0.1) is 0 Å². The second-order valence-electron chi connectivity index (χ2n) is 13.0. The van der Waals surface area contributed by atoms with Crippen LogP contribution in [0.2, 0.25) is 0 Å². The third-order valence-electron chi connectivity index (χ3n) is 8.75. The fourth-order valence-electron chi connectivity index (χ4n) is 5.76. The highest BCUT2D eigenvalue weighted by atomic mass is 16.8. The van der Waals surface area contributed by atoms with E-state index in [2.05, 4.69) is 16.9 Å². The molecule has 0 aromatic rings. The van der Waals surface area contributed by atoms with Crippen molar-refractivity contribution in [3.05, 3.63) is 12.2 Å². The lowest BCUT2D eigenvalue weighted by Crippen LogP contribution is -2.65. The fraction of sp³-hybridized carbons (Fsp3) is 0.857. The Bertz CT molecular complexity index is 1010. The van der Waals surface area contributed by atoms with Crippen molar-refractivity contribution in [3.63, 3.8) is 0 Å². The van der Waals surface area contributed by atoms with Crippen molar-refractivity contribution in [2.45, 2.75) is 172 Å². The normalized spacial score (nSPS) is 30.6. The van der Waals surface area contributed by atoms with Crippen LogP contribution in [-0.4, -0.2) is 131 Å². The monoisotopic (exact) mass is 720 g/mol. The van der Waals surface area contributed by atoms with E-state index in [1.165, 1.54) is 14.0 Å². The maximum absolute atomic E-state index is 11.4. The van der Waals surface area contributed by atoms with Gasteiger partial charge in [-0.25, -0.2) is 0 Å². The number of aliphatic hydroxyl groups excluding tert-OH is 5. The van der Waals surface area contributed by atoms with Crippen molar-refractivity contribution in [2.24, 2.45) is 0 Å². The molecule has 1 unspecified atom stereocenters. The first-order chi connectivity index (χ1) is 23.8. The molecular weight excluding hydrogens is 660 g/mol. The van der Waals surface area contributed by atoms with Gasteiger partial charge in [-0.1, -0.05) is 50.7 Å². The first-order valence-electron chi connectivity index (χ1n) is 17.9. The van der Waals surface area contributed by atoms with Gasteiger partial charge < -0.3 is 58.7 Å². The summed E-state index contributed by atoms with van der Waals surface area (Å²) < 4.78 is 38.0. The molecule has 15 nitrogen and oxygen atoms in total. The average Bonchev–Trinajstić information content (AvgIpc) is 3.08. The van der Waals surface area contributed by atoms with Crippen LogP contribution in [0.15, 0.2) is 12.2 Å². The van der Waals surface area contributed by atoms with Crippen LogP contribution in [0.4, 0.5) is 0 Å². The van der Waals surface area contributed by atoms with Crippen LogP contribution >= 0.6 is 0 Å². The zero-order chi connectivity index (χ0) is 37.1. The molecule has 0 spiro atoms. The van der Waals surface area contributed by atoms with Gasteiger partial charge in [0, 0.05) is 20.3 Å². The number of esters is 3. The standard InChI is InChI=1S/C35H60O15/c1-22(18-16-14-12-10-8-6-5-7-9-11-13-15-17-19-27(38)44-4)47-35-33(31(42)29(40)26(49-35)21-46-24(3)37)50-34-32(43)30(41)28(39)25(48-34)20-45-23(2)36/h5-6,22,25-26,28-35,39-43H,7-21H2,1-4H3/b6-5-/t22?,25-,26-,28-,29-,30+,31+,32-,33-,34+,35-/m1/s1. The topological polar surface area (TPSA) is 217 Å². The Morgan fingerprint density at radius 3 is 1.72 bits per heavy atom. The van der Waals surface area contributed by atoms with Gasteiger partial charge in [0.2, 0.25) is 0 Å². The van der Waals surface area contributed by atoms with Crippen LogP contribution in [0.1, 0.15) is 104 Å². The van der Waals surface area contributed by atoms with Crippen molar-refractivity contribution < 1.29 is 73.1 Å². The van der Waals surface area contributed by atoms with Gasteiger partial charge in [0.1, 0.15) is 62.0 Å². The van der Waals surface area contributed by atoms with Crippen LogP contribution in [0.5, 0.6) is 0 Å². The van der Waals surface area contributed by atoms with Gasteiger partial charge in [-0.2, -0.15) is 0 Å². The number of carbonyl (C=O) groups is 3. The molecule has 0 amide bonds. The zero-order valence-electron chi connectivity index (χ0n) is 29.9. The lowest BCUT2D eigenvalue weighted by Gasteiger charge is -2.46. The van der Waals surface area contributed by atoms with Crippen molar-refractivity contribution >= 4 is 17.9 Å². The maximum atomic E-state index is 11.4. The number of unbranched alkanes of at least 4 members (excludes halogenated alkanes) is 9. The molecule has 50 heavy (non-hydrogen) atoms. The minimum Gasteiger partial charge on any atom is -0.469 e. The molecule has 2 aliphatic rings. The summed E-state index contributed by atoms with van der Waals surface area (Å²) in [5, 5.41) is 53.1. The Morgan fingerprint density at radius 1 is 0.660 bits per heavy atom. The summed E-state index contributed by atoms with van der Waals surface area (Å²) in [6.45, 7) is 3.37. The Balaban J connectivity index is 1.83. The van der Waals surface area contributed by atoms with Gasteiger partial charge in [-0.05, 0) is 45.4 Å². The second-order valence-corrected chi connectivity index (χ2v) is 13.0. The van der Waals surface area contributed by atoms with Crippen LogP contribution in [-0.2, 0) is 47.5 Å². The number of hydrogen-bond acceptors (Lipinski definition) is 15. The first kappa shape index (κ1) is 44.0.